The van der Waals surface area contributed by atoms with Crippen molar-refractivity contribution in [2.75, 3.05) is 20.2 Å². The monoisotopic (exact) mass is 430 g/mol. The Morgan fingerprint density at radius 2 is 1.84 bits per heavy atom. The Bertz CT molecular complexity index is 955. The van der Waals surface area contributed by atoms with Crippen LogP contribution in [0.1, 0.15) is 28.8 Å². The molecule has 0 aliphatic carbocycles. The largest absolute Gasteiger partial charge is 0.486 e. The number of benzene rings is 2. The Kier molecular flexibility index (Phi) is 6.91. The fraction of sp³-hybridized carbons (Fsp3) is 0.333. The average molecular weight is 430 g/mol. The molecular weight excluding hydrogens is 408 g/mol. The van der Waals surface area contributed by atoms with Crippen molar-refractivity contribution in [3.8, 4) is 11.5 Å². The number of nitro benzene ring substituents is 1. The number of nitrogens with zero attached hydrogens (tertiary/aromatic N) is 2. The summed E-state index contributed by atoms with van der Waals surface area (Å²) in [7, 11) is 1.13. The SMILES string of the molecule is COC(=O)c1cc(OC2CCN(C(=O)O)CC2)c(OCc2ccccc2)cc1[N+](=O)[O-]. The number of esters is 1. The lowest BCUT2D eigenvalue weighted by Crippen LogP contribution is -2.41. The van der Waals surface area contributed by atoms with E-state index < -0.39 is 22.7 Å². The highest BCUT2D eigenvalue weighted by Gasteiger charge is 2.29. The van der Waals surface area contributed by atoms with Crippen molar-refractivity contribution in [2.45, 2.75) is 25.6 Å². The molecule has 2 aromatic rings. The number of nitro groups is 1. The topological polar surface area (TPSA) is 128 Å². The third-order valence-corrected chi connectivity index (χ3v) is 4.91. The van der Waals surface area contributed by atoms with E-state index >= 15 is 0 Å². The van der Waals surface area contributed by atoms with E-state index in [1.165, 1.54) is 11.0 Å². The first-order valence-electron chi connectivity index (χ1n) is 9.61. The van der Waals surface area contributed by atoms with Crippen LogP contribution in [0, 0.1) is 10.1 Å². The molecule has 1 aliphatic heterocycles. The number of carbonyl (C=O) groups is 2. The van der Waals surface area contributed by atoms with Gasteiger partial charge in [-0.25, -0.2) is 9.59 Å². The van der Waals surface area contributed by atoms with Gasteiger partial charge in [-0.1, -0.05) is 30.3 Å². The number of rotatable bonds is 7. The molecule has 1 aliphatic rings. The van der Waals surface area contributed by atoms with Crippen LogP contribution in [0.25, 0.3) is 0 Å². The summed E-state index contributed by atoms with van der Waals surface area (Å²) in [5, 5.41) is 20.6. The van der Waals surface area contributed by atoms with E-state index in [0.717, 1.165) is 18.7 Å². The highest BCUT2D eigenvalue weighted by molar-refractivity contribution is 5.95. The Morgan fingerprint density at radius 1 is 1.16 bits per heavy atom. The van der Waals surface area contributed by atoms with E-state index in [1.807, 2.05) is 30.3 Å². The van der Waals surface area contributed by atoms with E-state index in [1.54, 1.807) is 0 Å². The van der Waals surface area contributed by atoms with Crippen LogP contribution in [-0.2, 0) is 11.3 Å². The van der Waals surface area contributed by atoms with E-state index in [2.05, 4.69) is 4.74 Å². The molecule has 2 aromatic carbocycles. The first-order chi connectivity index (χ1) is 14.9. The number of piperidine rings is 1. The van der Waals surface area contributed by atoms with Gasteiger partial charge in [-0.05, 0) is 5.56 Å². The molecule has 0 saturated carbocycles. The summed E-state index contributed by atoms with van der Waals surface area (Å²) in [6.07, 6.45) is -0.445. The molecule has 1 heterocycles. The zero-order chi connectivity index (χ0) is 22.4. The maximum absolute atomic E-state index is 12.1. The average Bonchev–Trinajstić information content (AvgIpc) is 2.78. The second-order valence-electron chi connectivity index (χ2n) is 6.93. The molecule has 164 valence electrons. The Balaban J connectivity index is 1.89. The van der Waals surface area contributed by atoms with Crippen molar-refractivity contribution in [1.29, 1.82) is 0 Å². The van der Waals surface area contributed by atoms with Crippen LogP contribution in [0.2, 0.25) is 0 Å². The number of ether oxygens (including phenoxy) is 3. The smallest absolute Gasteiger partial charge is 0.407 e. The minimum Gasteiger partial charge on any atom is -0.486 e. The van der Waals surface area contributed by atoms with Gasteiger partial charge in [-0.3, -0.25) is 10.1 Å². The van der Waals surface area contributed by atoms with E-state index in [4.69, 9.17) is 14.6 Å². The Morgan fingerprint density at radius 3 is 2.42 bits per heavy atom. The predicted molar refractivity (Wildman–Crippen MR) is 108 cm³/mol. The first kappa shape index (κ1) is 21.9. The van der Waals surface area contributed by atoms with Crippen LogP contribution >= 0.6 is 0 Å². The van der Waals surface area contributed by atoms with Crippen LogP contribution in [0.15, 0.2) is 42.5 Å². The number of carbonyl (C=O) groups excluding carboxylic acids is 1. The van der Waals surface area contributed by atoms with Crippen LogP contribution < -0.4 is 9.47 Å². The van der Waals surface area contributed by atoms with Gasteiger partial charge in [0, 0.05) is 32.0 Å². The molecule has 1 amide bonds. The van der Waals surface area contributed by atoms with Gasteiger partial charge in [0.2, 0.25) is 0 Å². The summed E-state index contributed by atoms with van der Waals surface area (Å²) in [4.78, 5) is 35.3. The van der Waals surface area contributed by atoms with Crippen molar-refractivity contribution in [1.82, 2.24) is 4.90 Å². The van der Waals surface area contributed by atoms with Crippen molar-refractivity contribution >= 4 is 17.7 Å². The minimum atomic E-state index is -0.992. The second-order valence-corrected chi connectivity index (χ2v) is 6.93. The van der Waals surface area contributed by atoms with Crippen molar-refractivity contribution in [2.24, 2.45) is 0 Å². The van der Waals surface area contributed by atoms with Gasteiger partial charge in [0.1, 0.15) is 18.3 Å². The molecule has 1 N–H and O–H groups in total. The highest BCUT2D eigenvalue weighted by atomic mass is 16.6. The lowest BCUT2D eigenvalue weighted by Gasteiger charge is -2.30. The van der Waals surface area contributed by atoms with Gasteiger partial charge in [0.05, 0.1) is 18.1 Å². The number of hydrogen-bond acceptors (Lipinski definition) is 7. The van der Waals surface area contributed by atoms with E-state index in [0.29, 0.717) is 25.9 Å². The molecule has 10 heteroatoms. The summed E-state index contributed by atoms with van der Waals surface area (Å²) in [5.41, 5.74) is 0.142. The van der Waals surface area contributed by atoms with E-state index in [-0.39, 0.29) is 29.8 Å². The van der Waals surface area contributed by atoms with Gasteiger partial charge >= 0.3 is 12.1 Å². The lowest BCUT2D eigenvalue weighted by atomic mass is 10.1. The quantitative estimate of drug-likeness (QED) is 0.402. The maximum atomic E-state index is 12.1. The number of methoxy groups -OCH3 is 1. The minimum absolute atomic E-state index is 0.115. The van der Waals surface area contributed by atoms with Gasteiger partial charge in [-0.2, -0.15) is 0 Å². The summed E-state index contributed by atoms with van der Waals surface area (Å²) < 4.78 is 16.5. The highest BCUT2D eigenvalue weighted by Crippen LogP contribution is 2.37. The molecule has 0 unspecified atom stereocenters. The standard InChI is InChI=1S/C21H22N2O8/c1-29-20(24)16-11-19(31-15-7-9-22(10-8-15)21(25)26)18(12-17(16)23(27)28)30-13-14-5-3-2-4-6-14/h2-6,11-12,15H,7-10,13H2,1H3,(H,25,26). The van der Waals surface area contributed by atoms with Crippen molar-refractivity contribution in [3.63, 3.8) is 0 Å². The summed E-state index contributed by atoms with van der Waals surface area (Å²) in [5.74, 6) is -0.591. The first-order valence-corrected chi connectivity index (χ1v) is 9.61. The Hall–Kier alpha value is -3.82. The van der Waals surface area contributed by atoms with Crippen molar-refractivity contribution < 1.29 is 33.8 Å². The second kappa shape index (κ2) is 9.79. The zero-order valence-corrected chi connectivity index (χ0v) is 16.9. The number of amides is 1. The molecule has 0 bridgehead atoms. The van der Waals surface area contributed by atoms with Gasteiger partial charge in [0.25, 0.3) is 5.69 Å². The fourth-order valence-corrected chi connectivity index (χ4v) is 3.26. The third kappa shape index (κ3) is 5.41. The summed E-state index contributed by atoms with van der Waals surface area (Å²) >= 11 is 0. The Labute approximate surface area is 178 Å². The summed E-state index contributed by atoms with van der Waals surface area (Å²) in [6, 6.07) is 11.6. The molecule has 31 heavy (non-hydrogen) atoms. The van der Waals surface area contributed by atoms with Crippen molar-refractivity contribution in [3.05, 3.63) is 63.7 Å². The normalized spacial score (nSPS) is 14.0. The number of carboxylic acid groups (broad SMARTS) is 1. The zero-order valence-electron chi connectivity index (χ0n) is 16.9. The van der Waals surface area contributed by atoms with Crippen LogP contribution in [-0.4, -0.2) is 53.3 Å². The maximum Gasteiger partial charge on any atom is 0.407 e. The lowest BCUT2D eigenvalue weighted by molar-refractivity contribution is -0.385. The summed E-state index contributed by atoms with van der Waals surface area (Å²) in [6.45, 7) is 0.747. The number of likely N-dealkylation sites (tertiary alicyclic amines) is 1. The van der Waals surface area contributed by atoms with Gasteiger partial charge in [-0.15, -0.1) is 0 Å². The molecular formula is C21H22N2O8. The number of hydrogen-bond donors (Lipinski definition) is 1. The molecule has 0 radical (unpaired) electrons. The molecule has 0 atom stereocenters. The third-order valence-electron chi connectivity index (χ3n) is 4.91. The molecule has 0 aromatic heterocycles. The van der Waals surface area contributed by atoms with Gasteiger partial charge in [0.15, 0.2) is 11.5 Å². The van der Waals surface area contributed by atoms with Gasteiger partial charge < -0.3 is 24.2 Å². The predicted octanol–water partition coefficient (Wildman–Crippen LogP) is 3.48. The fourth-order valence-electron chi connectivity index (χ4n) is 3.26. The molecule has 10 nitrogen and oxygen atoms in total. The molecule has 1 saturated heterocycles. The van der Waals surface area contributed by atoms with Crippen LogP contribution in [0.3, 0.4) is 0 Å². The van der Waals surface area contributed by atoms with Crippen LogP contribution in [0.5, 0.6) is 11.5 Å². The van der Waals surface area contributed by atoms with E-state index in [9.17, 15) is 19.7 Å². The van der Waals surface area contributed by atoms with Crippen LogP contribution in [0.4, 0.5) is 10.5 Å². The molecule has 3 rings (SSSR count). The molecule has 1 fully saturated rings. The molecule has 0 spiro atoms.